The summed E-state index contributed by atoms with van der Waals surface area (Å²) in [5.41, 5.74) is 0.523. The van der Waals surface area contributed by atoms with Gasteiger partial charge in [0.15, 0.2) is 5.03 Å². The topological polar surface area (TPSA) is 80.3 Å². The van der Waals surface area contributed by atoms with Crippen molar-refractivity contribution in [3.8, 4) is 0 Å². The third kappa shape index (κ3) is 3.28. The molecule has 1 heterocycles. The molecule has 0 aliphatic heterocycles. The molecule has 0 aromatic carbocycles. The first-order valence-corrected chi connectivity index (χ1v) is 8.31. The van der Waals surface area contributed by atoms with E-state index in [2.05, 4.69) is 15.0 Å². The highest BCUT2D eigenvalue weighted by molar-refractivity contribution is 7.89. The Bertz CT molecular complexity index is 548. The van der Waals surface area contributed by atoms with Crippen LogP contribution in [0.4, 0.5) is 5.69 Å². The molecule has 20 heavy (non-hydrogen) atoms. The molecule has 1 aliphatic carbocycles. The van der Waals surface area contributed by atoms with Crippen LogP contribution < -0.4 is 10.0 Å². The average Bonchev–Trinajstić information content (AvgIpc) is 2.86. The van der Waals surface area contributed by atoms with Gasteiger partial charge in [0.1, 0.15) is 0 Å². The normalized spacial score (nSPS) is 22.9. The van der Waals surface area contributed by atoms with Crippen molar-refractivity contribution in [1.29, 1.82) is 0 Å². The fraction of sp³-hybridized carbons (Fsp3) is 0.615. The first-order valence-electron chi connectivity index (χ1n) is 6.82. The van der Waals surface area contributed by atoms with E-state index in [0.29, 0.717) is 12.2 Å². The smallest absolute Gasteiger partial charge is 0.260 e. The summed E-state index contributed by atoms with van der Waals surface area (Å²) in [6, 6.07) is 3.25. The Morgan fingerprint density at radius 3 is 2.95 bits per heavy atom. The summed E-state index contributed by atoms with van der Waals surface area (Å²) in [4.78, 5) is 4.01. The van der Waals surface area contributed by atoms with Gasteiger partial charge in [0.25, 0.3) is 10.0 Å². The third-order valence-corrected chi connectivity index (χ3v) is 4.90. The number of methoxy groups -OCH3 is 1. The molecule has 1 saturated carbocycles. The van der Waals surface area contributed by atoms with Crippen molar-refractivity contribution in [2.75, 3.05) is 19.0 Å². The molecule has 1 aromatic heterocycles. The first kappa shape index (κ1) is 15.2. The molecule has 0 spiro atoms. The molecule has 2 atom stereocenters. The van der Waals surface area contributed by atoms with E-state index in [1.54, 1.807) is 19.2 Å². The summed E-state index contributed by atoms with van der Waals surface area (Å²) in [6.45, 7) is 2.55. The second kappa shape index (κ2) is 6.51. The van der Waals surface area contributed by atoms with Crippen LogP contribution in [0.2, 0.25) is 0 Å². The van der Waals surface area contributed by atoms with Crippen molar-refractivity contribution < 1.29 is 13.2 Å². The maximum atomic E-state index is 12.5. The summed E-state index contributed by atoms with van der Waals surface area (Å²) < 4.78 is 33.0. The number of ether oxygens (including phenoxy) is 1. The van der Waals surface area contributed by atoms with Crippen LogP contribution in [0.3, 0.4) is 0 Å². The molecule has 7 heteroatoms. The Hall–Kier alpha value is -1.18. The molecule has 0 bridgehead atoms. The van der Waals surface area contributed by atoms with E-state index < -0.39 is 10.0 Å². The van der Waals surface area contributed by atoms with Crippen LogP contribution in [0.15, 0.2) is 23.4 Å². The number of nitrogens with one attached hydrogen (secondary N) is 2. The van der Waals surface area contributed by atoms with Gasteiger partial charge in [-0.3, -0.25) is 0 Å². The summed E-state index contributed by atoms with van der Waals surface area (Å²) >= 11 is 0. The molecule has 112 valence electrons. The number of nitrogens with zero attached hydrogens (tertiary/aromatic N) is 1. The van der Waals surface area contributed by atoms with Crippen LogP contribution in [0.5, 0.6) is 0 Å². The molecule has 0 amide bonds. The van der Waals surface area contributed by atoms with Gasteiger partial charge in [-0.1, -0.05) is 0 Å². The van der Waals surface area contributed by atoms with Crippen LogP contribution in [0.1, 0.15) is 26.2 Å². The summed E-state index contributed by atoms with van der Waals surface area (Å²) in [5.74, 6) is 0. The molecule has 2 N–H and O–H groups in total. The van der Waals surface area contributed by atoms with E-state index in [1.165, 1.54) is 6.20 Å². The number of hydrogen-bond acceptors (Lipinski definition) is 5. The fourth-order valence-corrected chi connectivity index (χ4v) is 3.94. The lowest BCUT2D eigenvalue weighted by Gasteiger charge is -2.20. The molecular formula is C13H21N3O3S. The Balaban J connectivity index is 2.22. The molecule has 2 unspecified atom stereocenters. The van der Waals surface area contributed by atoms with Gasteiger partial charge in [-0.2, -0.15) is 0 Å². The second-order valence-electron chi connectivity index (χ2n) is 4.82. The predicted octanol–water partition coefficient (Wildman–Crippen LogP) is 1.36. The molecule has 1 aromatic rings. The van der Waals surface area contributed by atoms with Crippen LogP contribution >= 0.6 is 0 Å². The maximum absolute atomic E-state index is 12.5. The van der Waals surface area contributed by atoms with E-state index in [4.69, 9.17) is 4.74 Å². The maximum Gasteiger partial charge on any atom is 0.260 e. The van der Waals surface area contributed by atoms with Crippen molar-refractivity contribution in [2.24, 2.45) is 0 Å². The third-order valence-electron chi connectivity index (χ3n) is 3.45. The van der Waals surface area contributed by atoms with E-state index in [9.17, 15) is 8.42 Å². The average molecular weight is 299 g/mol. The minimum atomic E-state index is -3.64. The monoisotopic (exact) mass is 299 g/mol. The van der Waals surface area contributed by atoms with E-state index in [-0.39, 0.29) is 17.2 Å². The van der Waals surface area contributed by atoms with Crippen molar-refractivity contribution in [1.82, 2.24) is 9.71 Å². The molecule has 6 nitrogen and oxygen atoms in total. The molecule has 0 radical (unpaired) electrons. The van der Waals surface area contributed by atoms with E-state index in [0.717, 1.165) is 19.3 Å². The zero-order valence-electron chi connectivity index (χ0n) is 11.8. The highest BCUT2D eigenvalue weighted by Crippen LogP contribution is 2.25. The number of hydrogen-bond donors (Lipinski definition) is 2. The minimum Gasteiger partial charge on any atom is -0.383 e. The van der Waals surface area contributed by atoms with Gasteiger partial charge >= 0.3 is 0 Å². The highest BCUT2D eigenvalue weighted by atomic mass is 32.2. The van der Waals surface area contributed by atoms with Crippen molar-refractivity contribution in [3.05, 3.63) is 18.3 Å². The Kier molecular flexibility index (Phi) is 4.95. The predicted molar refractivity (Wildman–Crippen MR) is 77.2 cm³/mol. The van der Waals surface area contributed by atoms with Gasteiger partial charge in [-0.25, -0.2) is 18.1 Å². The van der Waals surface area contributed by atoms with Gasteiger partial charge < -0.3 is 10.1 Å². The van der Waals surface area contributed by atoms with Gasteiger partial charge in [0, 0.05) is 25.9 Å². The van der Waals surface area contributed by atoms with Crippen molar-refractivity contribution >= 4 is 15.7 Å². The Labute approximate surface area is 120 Å². The molecule has 2 rings (SSSR count). The second-order valence-corrected chi connectivity index (χ2v) is 6.45. The van der Waals surface area contributed by atoms with Gasteiger partial charge in [-0.15, -0.1) is 0 Å². The quantitative estimate of drug-likeness (QED) is 0.829. The molecule has 1 fully saturated rings. The first-order chi connectivity index (χ1) is 9.58. The molecule has 1 aliphatic rings. The van der Waals surface area contributed by atoms with Crippen LogP contribution in [0, 0.1) is 0 Å². The standard InChI is InChI=1S/C13H21N3O3S/c1-3-14-11-7-5-9-15-13(11)20(17,18)16-10-6-4-8-12(10)19-2/h5,7,9-10,12,14,16H,3-4,6,8H2,1-2H3. The summed E-state index contributed by atoms with van der Waals surface area (Å²) in [5, 5.41) is 3.06. The fourth-order valence-electron chi connectivity index (χ4n) is 2.53. The number of rotatable bonds is 6. The SMILES string of the molecule is CCNc1cccnc1S(=O)(=O)NC1CCCC1OC. The lowest BCUT2D eigenvalue weighted by atomic mass is 10.2. The number of aromatic nitrogens is 1. The highest BCUT2D eigenvalue weighted by Gasteiger charge is 2.32. The largest absolute Gasteiger partial charge is 0.383 e. The lowest BCUT2D eigenvalue weighted by molar-refractivity contribution is 0.0916. The zero-order valence-corrected chi connectivity index (χ0v) is 12.6. The molecule has 0 saturated heterocycles. The van der Waals surface area contributed by atoms with Gasteiger partial charge in [0.05, 0.1) is 11.8 Å². The van der Waals surface area contributed by atoms with Crippen LogP contribution in [-0.2, 0) is 14.8 Å². The Morgan fingerprint density at radius 1 is 1.45 bits per heavy atom. The van der Waals surface area contributed by atoms with Crippen LogP contribution in [-0.4, -0.2) is 39.2 Å². The van der Waals surface area contributed by atoms with Crippen molar-refractivity contribution in [3.63, 3.8) is 0 Å². The lowest BCUT2D eigenvalue weighted by Crippen LogP contribution is -2.41. The summed E-state index contributed by atoms with van der Waals surface area (Å²) in [6.07, 6.45) is 4.06. The number of pyridine rings is 1. The van der Waals surface area contributed by atoms with Crippen LogP contribution in [0.25, 0.3) is 0 Å². The molecular weight excluding hydrogens is 278 g/mol. The number of anilines is 1. The number of sulfonamides is 1. The van der Waals surface area contributed by atoms with Crippen molar-refractivity contribution in [2.45, 2.75) is 43.4 Å². The Morgan fingerprint density at radius 2 is 2.25 bits per heavy atom. The van der Waals surface area contributed by atoms with E-state index in [1.807, 2.05) is 6.92 Å². The van der Waals surface area contributed by atoms with Gasteiger partial charge in [-0.05, 0) is 38.3 Å². The van der Waals surface area contributed by atoms with E-state index >= 15 is 0 Å². The minimum absolute atomic E-state index is 0.0450. The van der Waals surface area contributed by atoms with Gasteiger partial charge in [0.2, 0.25) is 0 Å². The summed E-state index contributed by atoms with van der Waals surface area (Å²) in [7, 11) is -2.03. The zero-order chi connectivity index (χ0) is 14.6.